The van der Waals surface area contributed by atoms with Gasteiger partial charge in [-0.2, -0.15) is 18.3 Å². The number of nitrogens with zero attached hydrogens (tertiary/aromatic N) is 5. The minimum Gasteiger partial charge on any atom is -0.352 e. The Kier molecular flexibility index (Phi) is 8.30. The molecule has 4 aromatic rings. The Balaban J connectivity index is 1.35. The zero-order valence-corrected chi connectivity index (χ0v) is 22.8. The summed E-state index contributed by atoms with van der Waals surface area (Å²) in [5.41, 5.74) is 5.73. The number of aromatic nitrogens is 5. The molecule has 228 valence electrons. The number of benzene rings is 1. The fourth-order valence-corrected chi connectivity index (χ4v) is 4.90. The van der Waals surface area contributed by atoms with Crippen molar-refractivity contribution in [1.29, 1.82) is 0 Å². The van der Waals surface area contributed by atoms with Gasteiger partial charge in [-0.1, -0.05) is 6.92 Å². The highest BCUT2D eigenvalue weighted by atomic mass is 19.4. The standard InChI is InChI=1S/C27H28F5N9O2/c1-2-14-7-16(3-4-18(14)26(43)36-11-22(42)37-17-8-15(33)9-17)38-24-25-35-10-20(41(25)6-5-34-24)19-12-40(13-21(28)29)39-23(19)27(30,31)32/h3-7,10,12,15,17,21H,2,8-9,11,13,33H2,1H3,(H,34,38)(H,36,43)(H,37,42). The number of aryl methyl sites for hydroxylation is 1. The number of hydrogen-bond donors (Lipinski definition) is 4. The molecule has 1 aliphatic rings. The first-order valence-electron chi connectivity index (χ1n) is 13.4. The molecule has 5 rings (SSSR count). The Morgan fingerprint density at radius 3 is 2.63 bits per heavy atom. The van der Waals surface area contributed by atoms with Crippen LogP contribution in [0.5, 0.6) is 0 Å². The number of nitrogens with two attached hydrogens (primary N) is 1. The van der Waals surface area contributed by atoms with E-state index in [2.05, 4.69) is 31.0 Å². The van der Waals surface area contributed by atoms with E-state index in [0.717, 1.165) is 6.20 Å². The summed E-state index contributed by atoms with van der Waals surface area (Å²) in [5.74, 6) is -0.521. The number of halogens is 5. The molecular formula is C27H28F5N9O2. The summed E-state index contributed by atoms with van der Waals surface area (Å²) >= 11 is 0. The van der Waals surface area contributed by atoms with Crippen molar-refractivity contribution in [2.75, 3.05) is 11.9 Å². The van der Waals surface area contributed by atoms with Crippen LogP contribution in [0, 0.1) is 0 Å². The van der Waals surface area contributed by atoms with Gasteiger partial charge >= 0.3 is 6.18 Å². The summed E-state index contributed by atoms with van der Waals surface area (Å²) in [6.07, 6.45) is -1.04. The fraction of sp³-hybridized carbons (Fsp3) is 0.370. The van der Waals surface area contributed by atoms with E-state index in [9.17, 15) is 31.5 Å². The summed E-state index contributed by atoms with van der Waals surface area (Å²) in [5, 5.41) is 11.9. The second-order valence-corrected chi connectivity index (χ2v) is 10.1. The number of imidazole rings is 1. The van der Waals surface area contributed by atoms with Gasteiger partial charge in [0.15, 0.2) is 17.2 Å². The van der Waals surface area contributed by atoms with Gasteiger partial charge in [-0.05, 0) is 43.0 Å². The summed E-state index contributed by atoms with van der Waals surface area (Å²) in [7, 11) is 0. The van der Waals surface area contributed by atoms with Gasteiger partial charge in [0, 0.05) is 41.9 Å². The highest BCUT2D eigenvalue weighted by molar-refractivity contribution is 5.98. The Hall–Kier alpha value is -4.60. The molecule has 0 bridgehead atoms. The lowest BCUT2D eigenvalue weighted by Crippen LogP contribution is -2.52. The predicted octanol–water partition coefficient (Wildman–Crippen LogP) is 3.52. The van der Waals surface area contributed by atoms with Gasteiger partial charge < -0.3 is 21.7 Å². The third-order valence-electron chi connectivity index (χ3n) is 7.00. The van der Waals surface area contributed by atoms with Crippen LogP contribution < -0.4 is 21.7 Å². The minimum absolute atomic E-state index is 0.0150. The molecule has 1 saturated carbocycles. The molecule has 0 spiro atoms. The first-order valence-corrected chi connectivity index (χ1v) is 13.4. The van der Waals surface area contributed by atoms with Gasteiger partial charge in [-0.15, -0.1) is 0 Å². The van der Waals surface area contributed by atoms with E-state index in [-0.39, 0.29) is 41.7 Å². The maximum Gasteiger partial charge on any atom is 0.435 e. The van der Waals surface area contributed by atoms with Gasteiger partial charge in [0.25, 0.3) is 12.3 Å². The average Bonchev–Trinajstić information content (AvgIpc) is 3.55. The smallest absolute Gasteiger partial charge is 0.352 e. The fourth-order valence-electron chi connectivity index (χ4n) is 4.90. The zero-order valence-electron chi connectivity index (χ0n) is 22.8. The number of fused-ring (bicyclic) bond motifs is 1. The lowest BCUT2D eigenvalue weighted by molar-refractivity contribution is -0.141. The van der Waals surface area contributed by atoms with E-state index in [1.165, 1.54) is 23.0 Å². The van der Waals surface area contributed by atoms with Gasteiger partial charge in [-0.3, -0.25) is 18.7 Å². The Bertz CT molecular complexity index is 1640. The number of amides is 2. The van der Waals surface area contributed by atoms with Crippen LogP contribution in [0.4, 0.5) is 33.5 Å². The molecular weight excluding hydrogens is 577 g/mol. The van der Waals surface area contributed by atoms with Crippen molar-refractivity contribution in [1.82, 2.24) is 34.8 Å². The van der Waals surface area contributed by atoms with Gasteiger partial charge in [-0.25, -0.2) is 18.7 Å². The molecule has 0 radical (unpaired) electrons. The number of nitrogens with one attached hydrogen (secondary N) is 3. The molecule has 0 saturated heterocycles. The SMILES string of the molecule is CCc1cc(Nc2nccn3c(-c4cn(CC(F)F)nc4C(F)(F)F)cnc23)ccc1C(=O)NCC(=O)NC1CC(N)C1. The van der Waals surface area contributed by atoms with Crippen molar-refractivity contribution in [3.8, 4) is 11.3 Å². The Labute approximate surface area is 241 Å². The van der Waals surface area contributed by atoms with Crippen LogP contribution in [-0.4, -0.2) is 61.0 Å². The van der Waals surface area contributed by atoms with Gasteiger partial charge in [0.1, 0.15) is 6.54 Å². The largest absolute Gasteiger partial charge is 0.435 e. The lowest BCUT2D eigenvalue weighted by atomic mass is 9.88. The van der Waals surface area contributed by atoms with Crippen LogP contribution in [0.2, 0.25) is 0 Å². The molecule has 11 nitrogen and oxygen atoms in total. The first-order chi connectivity index (χ1) is 20.4. The molecule has 0 unspecified atom stereocenters. The topological polar surface area (TPSA) is 144 Å². The molecule has 0 atom stereocenters. The van der Waals surface area contributed by atoms with Crippen LogP contribution in [0.15, 0.2) is 43.0 Å². The third kappa shape index (κ3) is 6.58. The third-order valence-corrected chi connectivity index (χ3v) is 7.00. The highest BCUT2D eigenvalue weighted by Gasteiger charge is 2.38. The van der Waals surface area contributed by atoms with E-state index in [4.69, 9.17) is 5.73 Å². The van der Waals surface area contributed by atoms with Crippen LogP contribution in [-0.2, 0) is 23.9 Å². The van der Waals surface area contributed by atoms with Crippen molar-refractivity contribution >= 4 is 29.0 Å². The van der Waals surface area contributed by atoms with Crippen molar-refractivity contribution in [2.45, 2.75) is 57.4 Å². The Morgan fingerprint density at radius 1 is 1.19 bits per heavy atom. The molecule has 3 heterocycles. The molecule has 16 heteroatoms. The molecule has 0 aliphatic heterocycles. The number of hydrogen-bond acceptors (Lipinski definition) is 7. The monoisotopic (exact) mass is 605 g/mol. The van der Waals surface area contributed by atoms with Crippen LogP contribution in [0.3, 0.4) is 0 Å². The van der Waals surface area contributed by atoms with Crippen molar-refractivity contribution in [3.05, 3.63) is 59.8 Å². The molecule has 1 aromatic carbocycles. The summed E-state index contributed by atoms with van der Waals surface area (Å²) in [6, 6.07) is 5.04. The van der Waals surface area contributed by atoms with E-state index < -0.39 is 36.3 Å². The van der Waals surface area contributed by atoms with Crippen molar-refractivity contribution < 1.29 is 31.5 Å². The first kappa shape index (κ1) is 29.9. The van der Waals surface area contributed by atoms with Crippen LogP contribution >= 0.6 is 0 Å². The highest BCUT2D eigenvalue weighted by Crippen LogP contribution is 2.37. The zero-order chi connectivity index (χ0) is 30.9. The van der Waals surface area contributed by atoms with E-state index in [1.54, 1.807) is 18.2 Å². The molecule has 1 fully saturated rings. The maximum atomic E-state index is 13.7. The maximum absolute atomic E-state index is 13.7. The number of alkyl halides is 5. The molecule has 5 N–H and O–H groups in total. The average molecular weight is 606 g/mol. The summed E-state index contributed by atoms with van der Waals surface area (Å²) in [6.45, 7) is 0.679. The number of anilines is 2. The second kappa shape index (κ2) is 11.9. The quantitative estimate of drug-likeness (QED) is 0.203. The van der Waals surface area contributed by atoms with Crippen molar-refractivity contribution in [3.63, 3.8) is 0 Å². The van der Waals surface area contributed by atoms with Crippen molar-refractivity contribution in [2.24, 2.45) is 5.73 Å². The Morgan fingerprint density at radius 2 is 1.95 bits per heavy atom. The van der Waals surface area contributed by atoms with Crippen LogP contribution in [0.25, 0.3) is 16.9 Å². The summed E-state index contributed by atoms with van der Waals surface area (Å²) < 4.78 is 68.8. The lowest BCUT2D eigenvalue weighted by Gasteiger charge is -2.32. The normalized spacial score (nSPS) is 16.7. The van der Waals surface area contributed by atoms with Crippen LogP contribution in [0.1, 0.15) is 41.4 Å². The molecule has 3 aromatic heterocycles. The second-order valence-electron chi connectivity index (χ2n) is 10.1. The van der Waals surface area contributed by atoms with Gasteiger partial charge in [0.05, 0.1) is 24.0 Å². The van der Waals surface area contributed by atoms with E-state index >= 15 is 0 Å². The van der Waals surface area contributed by atoms with E-state index in [0.29, 0.717) is 40.8 Å². The number of carbonyl (C=O) groups excluding carboxylic acids is 2. The predicted molar refractivity (Wildman–Crippen MR) is 146 cm³/mol. The summed E-state index contributed by atoms with van der Waals surface area (Å²) in [4.78, 5) is 33.4. The minimum atomic E-state index is -4.89. The van der Waals surface area contributed by atoms with E-state index in [1.807, 2.05) is 6.92 Å². The molecule has 43 heavy (non-hydrogen) atoms. The molecule has 1 aliphatic carbocycles. The molecule has 2 amide bonds. The number of rotatable bonds is 10. The number of carbonyl (C=O) groups is 2. The van der Waals surface area contributed by atoms with Gasteiger partial charge in [0.2, 0.25) is 5.91 Å².